The van der Waals surface area contributed by atoms with Gasteiger partial charge in [-0.15, -0.1) is 0 Å². The number of hydrogen-bond acceptors (Lipinski definition) is 9. The summed E-state index contributed by atoms with van der Waals surface area (Å²) in [5.41, 5.74) is 3.04. The van der Waals surface area contributed by atoms with Gasteiger partial charge in [-0.05, 0) is 74.5 Å². The number of para-hydroxylation sites is 2. The molecule has 1 aliphatic carbocycles. The number of ketones is 1. The number of aromatic nitrogens is 1. The lowest BCUT2D eigenvalue weighted by atomic mass is 9.84. The molecule has 2 aliphatic heterocycles. The van der Waals surface area contributed by atoms with Crippen LogP contribution in [0.1, 0.15) is 80.5 Å². The van der Waals surface area contributed by atoms with Crippen molar-refractivity contribution in [2.75, 3.05) is 25.9 Å². The van der Waals surface area contributed by atoms with Crippen molar-refractivity contribution in [3.05, 3.63) is 76.7 Å². The van der Waals surface area contributed by atoms with Crippen molar-refractivity contribution in [3.63, 3.8) is 0 Å². The summed E-state index contributed by atoms with van der Waals surface area (Å²) < 4.78 is 39.6. The highest BCUT2D eigenvalue weighted by molar-refractivity contribution is 7.88. The van der Waals surface area contributed by atoms with Crippen LogP contribution in [0.2, 0.25) is 5.02 Å². The Morgan fingerprint density at radius 1 is 1.06 bits per heavy atom. The highest BCUT2D eigenvalue weighted by atomic mass is 35.5. The Labute approximate surface area is 310 Å². The minimum absolute atomic E-state index is 0.0688. The number of likely N-dealkylation sites (tertiary alicyclic amines) is 1. The van der Waals surface area contributed by atoms with Crippen LogP contribution in [0.4, 0.5) is 0 Å². The molecule has 3 fully saturated rings. The Kier molecular flexibility index (Phi) is 12.8. The van der Waals surface area contributed by atoms with E-state index in [2.05, 4.69) is 20.3 Å². The van der Waals surface area contributed by atoms with E-state index in [1.54, 1.807) is 30.3 Å². The Morgan fingerprint density at radius 2 is 1.79 bits per heavy atom. The Morgan fingerprint density at radius 3 is 2.50 bits per heavy atom. The van der Waals surface area contributed by atoms with Gasteiger partial charge in [-0.1, -0.05) is 79.6 Å². The summed E-state index contributed by atoms with van der Waals surface area (Å²) in [4.78, 5) is 48.6. The number of carbonyl (C=O) groups is 3. The molecule has 1 aromatic heterocycles. The molecular formula is C38H48ClN5O7S. The Balaban J connectivity index is 1.25. The van der Waals surface area contributed by atoms with Gasteiger partial charge in [0, 0.05) is 18.0 Å². The number of nitrogens with zero attached hydrogens (tertiary/aromatic N) is 2. The average Bonchev–Trinajstić information content (AvgIpc) is 3.78. The topological polar surface area (TPSA) is 160 Å². The molecule has 3 aliphatic rings. The first-order valence-electron chi connectivity index (χ1n) is 18.2. The molecule has 4 atom stereocenters. The second kappa shape index (κ2) is 17.5. The number of sulfonamides is 1. The third-order valence-electron chi connectivity index (χ3n) is 10.2. The summed E-state index contributed by atoms with van der Waals surface area (Å²) in [6, 6.07) is 11.3. The third-order valence-corrected chi connectivity index (χ3v) is 11.2. The molecule has 0 bridgehead atoms. The number of carbonyl (C=O) groups excluding carboxylic acids is 3. The average molecular weight is 754 g/mol. The summed E-state index contributed by atoms with van der Waals surface area (Å²) in [5.74, 6) is -1.30. The normalized spacial score (nSPS) is 21.2. The lowest BCUT2D eigenvalue weighted by Crippen LogP contribution is -2.55. The molecule has 2 saturated heterocycles. The molecule has 14 heteroatoms. The van der Waals surface area contributed by atoms with Crippen molar-refractivity contribution >= 4 is 50.3 Å². The summed E-state index contributed by atoms with van der Waals surface area (Å²) in [6.07, 6.45) is 9.92. The predicted molar refractivity (Wildman–Crippen MR) is 198 cm³/mol. The third kappa shape index (κ3) is 10.3. The fourth-order valence-corrected chi connectivity index (χ4v) is 8.32. The van der Waals surface area contributed by atoms with Crippen LogP contribution in [0.5, 0.6) is 0 Å². The first-order chi connectivity index (χ1) is 25.0. The number of halogens is 1. The van der Waals surface area contributed by atoms with Crippen LogP contribution >= 0.6 is 11.6 Å². The van der Waals surface area contributed by atoms with Gasteiger partial charge in [-0.25, -0.2) is 18.1 Å². The molecule has 2 amide bonds. The molecular weight excluding hydrogens is 706 g/mol. The highest BCUT2D eigenvalue weighted by Gasteiger charge is 2.44. The summed E-state index contributed by atoms with van der Waals surface area (Å²) in [6.45, 7) is 1.92. The molecule has 0 unspecified atom stereocenters. The number of oxazole rings is 1. The minimum atomic E-state index is -3.78. The molecule has 280 valence electrons. The zero-order valence-corrected chi connectivity index (χ0v) is 31.1. The van der Waals surface area contributed by atoms with Gasteiger partial charge in [-0.2, -0.15) is 0 Å². The molecule has 12 nitrogen and oxygen atoms in total. The lowest BCUT2D eigenvalue weighted by molar-refractivity contribution is -0.140. The van der Waals surface area contributed by atoms with Crippen molar-refractivity contribution in [2.24, 2.45) is 5.92 Å². The number of amides is 2. The monoisotopic (exact) mass is 753 g/mol. The van der Waals surface area contributed by atoms with Gasteiger partial charge < -0.3 is 24.7 Å². The van der Waals surface area contributed by atoms with Gasteiger partial charge in [0.05, 0.1) is 25.0 Å². The molecule has 52 heavy (non-hydrogen) atoms. The van der Waals surface area contributed by atoms with Crippen LogP contribution in [0.3, 0.4) is 0 Å². The fraction of sp³-hybridized carbons (Fsp3) is 0.526. The number of Topliss-reactive ketones (excluding diaryl/α,β-unsaturated/α-hetero) is 1. The van der Waals surface area contributed by atoms with Gasteiger partial charge in [0.25, 0.3) is 5.89 Å². The van der Waals surface area contributed by atoms with E-state index in [9.17, 15) is 22.8 Å². The van der Waals surface area contributed by atoms with Gasteiger partial charge in [-0.3, -0.25) is 14.4 Å². The second-order valence-electron chi connectivity index (χ2n) is 14.2. The molecule has 6 rings (SSSR count). The van der Waals surface area contributed by atoms with Crippen LogP contribution in [0.15, 0.2) is 64.6 Å². The molecule has 0 spiro atoms. The van der Waals surface area contributed by atoms with E-state index in [1.165, 1.54) is 4.90 Å². The largest absolute Gasteiger partial charge is 0.434 e. The maximum Gasteiger partial charge on any atom is 0.266 e. The number of fused-ring (bicyclic) bond motifs is 1. The van der Waals surface area contributed by atoms with Gasteiger partial charge in [0.1, 0.15) is 17.6 Å². The van der Waals surface area contributed by atoms with Crippen LogP contribution < -0.4 is 15.4 Å². The SMILES string of the molecule is CS(=O)(=O)N[C@H](CC=C1CCNCC1)C(=O)N1C[C@H](OCc2ccc(Cl)cc2)C[C@H]1C(=O)N[C@@H](CC1CCCCC1)C(=O)c1nc2ccccc2o1. The molecule has 3 N–H and O–H groups in total. The van der Waals surface area contributed by atoms with E-state index in [4.69, 9.17) is 20.8 Å². The van der Waals surface area contributed by atoms with Crippen LogP contribution in [-0.2, 0) is 31.0 Å². The predicted octanol–water partition coefficient (Wildman–Crippen LogP) is 4.92. The van der Waals surface area contributed by atoms with Crippen molar-refractivity contribution in [2.45, 2.75) is 95.0 Å². The Bertz CT molecular complexity index is 1820. The number of rotatable bonds is 14. The minimum Gasteiger partial charge on any atom is -0.434 e. The fourth-order valence-electron chi connectivity index (χ4n) is 7.48. The second-order valence-corrected chi connectivity index (χ2v) is 16.5. The highest BCUT2D eigenvalue weighted by Crippen LogP contribution is 2.30. The maximum absolute atomic E-state index is 14.4. The first-order valence-corrected chi connectivity index (χ1v) is 20.5. The number of piperidine rings is 1. The maximum atomic E-state index is 14.4. The molecule has 2 aromatic carbocycles. The number of hydrogen-bond donors (Lipinski definition) is 3. The van der Waals surface area contributed by atoms with E-state index in [-0.39, 0.29) is 37.8 Å². The smallest absolute Gasteiger partial charge is 0.266 e. The van der Waals surface area contributed by atoms with E-state index in [0.717, 1.165) is 75.4 Å². The van der Waals surface area contributed by atoms with Crippen LogP contribution in [0, 0.1) is 5.92 Å². The zero-order chi connectivity index (χ0) is 36.7. The Hall–Kier alpha value is -3.62. The molecule has 3 aromatic rings. The van der Waals surface area contributed by atoms with E-state index >= 15 is 0 Å². The molecule has 1 saturated carbocycles. The summed E-state index contributed by atoms with van der Waals surface area (Å²) in [7, 11) is -3.78. The standard InChI is InChI=1S/C38H48ClN5O7S/c1-52(48,49)43-31(16-13-25-17-19-40-20-18-25)38(47)44-23-29(50-24-27-11-14-28(39)15-12-27)22-33(44)36(46)41-32(21-26-7-3-2-4-8-26)35(45)37-42-30-9-5-6-10-34(30)51-37/h5-6,9-15,26,29,31-33,40,43H,2-4,7-8,16-24H2,1H3,(H,41,46)/t29-,31-,32+,33+/m1/s1. The van der Waals surface area contributed by atoms with Gasteiger partial charge in [0.15, 0.2) is 5.58 Å². The van der Waals surface area contributed by atoms with Crippen molar-refractivity contribution in [1.29, 1.82) is 0 Å². The molecule has 3 heterocycles. The number of ether oxygens (including phenoxy) is 1. The van der Waals surface area contributed by atoms with Crippen LogP contribution in [-0.4, -0.2) is 86.0 Å². The van der Waals surface area contributed by atoms with E-state index < -0.39 is 51.9 Å². The number of nitrogens with one attached hydrogen (secondary N) is 3. The van der Waals surface area contributed by atoms with Crippen molar-refractivity contribution < 1.29 is 32.0 Å². The van der Waals surface area contributed by atoms with E-state index in [1.807, 2.05) is 24.3 Å². The molecule has 0 radical (unpaired) electrons. The summed E-state index contributed by atoms with van der Waals surface area (Å²) >= 11 is 6.06. The van der Waals surface area contributed by atoms with Crippen molar-refractivity contribution in [3.8, 4) is 0 Å². The van der Waals surface area contributed by atoms with Crippen molar-refractivity contribution in [1.82, 2.24) is 25.2 Å². The van der Waals surface area contributed by atoms with Gasteiger partial charge in [0.2, 0.25) is 27.6 Å². The lowest BCUT2D eigenvalue weighted by Gasteiger charge is -2.30. The zero-order valence-electron chi connectivity index (χ0n) is 29.5. The quantitative estimate of drug-likeness (QED) is 0.153. The summed E-state index contributed by atoms with van der Waals surface area (Å²) in [5, 5.41) is 6.89. The van der Waals surface area contributed by atoms with E-state index in [0.29, 0.717) is 22.5 Å². The number of benzene rings is 2. The first kappa shape index (κ1) is 38.1. The van der Waals surface area contributed by atoms with Gasteiger partial charge >= 0.3 is 0 Å². The van der Waals surface area contributed by atoms with Crippen LogP contribution in [0.25, 0.3) is 11.1 Å².